The third-order valence-electron chi connectivity index (χ3n) is 4.13. The topological polar surface area (TPSA) is 53.1 Å². The van der Waals surface area contributed by atoms with Crippen molar-refractivity contribution in [2.45, 2.75) is 36.4 Å². The average Bonchev–Trinajstić information content (AvgIpc) is 3.36. The number of halogens is 1. The monoisotopic (exact) mass is 375 g/mol. The Balaban J connectivity index is 1.57. The number of benzene rings is 1. The van der Waals surface area contributed by atoms with Crippen LogP contribution in [0.4, 0.5) is 0 Å². The van der Waals surface area contributed by atoms with Crippen molar-refractivity contribution in [1.29, 1.82) is 0 Å². The van der Waals surface area contributed by atoms with Crippen LogP contribution in [0.1, 0.15) is 18.4 Å². The maximum Gasteiger partial charge on any atom is 0.200 e. The Hall–Kier alpha value is -1.76. The molecule has 1 fully saturated rings. The average molecular weight is 376 g/mol. The first kappa shape index (κ1) is 16.7. The summed E-state index contributed by atoms with van der Waals surface area (Å²) in [4.78, 5) is 0. The third kappa shape index (κ3) is 3.92. The Kier molecular flexibility index (Phi) is 5.10. The Morgan fingerprint density at radius 3 is 2.96 bits per heavy atom. The summed E-state index contributed by atoms with van der Waals surface area (Å²) in [5, 5.41) is 10.3. The Morgan fingerprint density at radius 1 is 1.24 bits per heavy atom. The van der Waals surface area contributed by atoms with Crippen LogP contribution >= 0.6 is 23.4 Å². The van der Waals surface area contributed by atoms with Gasteiger partial charge in [0.2, 0.25) is 5.82 Å². The molecule has 5 nitrogen and oxygen atoms in total. The van der Waals surface area contributed by atoms with E-state index in [0.29, 0.717) is 0 Å². The molecule has 3 aromatic rings. The predicted octanol–water partition coefficient (Wildman–Crippen LogP) is 4.66. The molecule has 0 bridgehead atoms. The summed E-state index contributed by atoms with van der Waals surface area (Å²) in [5.74, 6) is 2.25. The Bertz CT molecular complexity index is 829. The van der Waals surface area contributed by atoms with Gasteiger partial charge in [0.05, 0.1) is 18.9 Å². The van der Waals surface area contributed by atoms with Crippen LogP contribution in [0, 0.1) is 0 Å². The molecule has 0 N–H and O–H groups in total. The lowest BCUT2D eigenvalue weighted by Crippen LogP contribution is -2.16. The van der Waals surface area contributed by atoms with Gasteiger partial charge in [0.25, 0.3) is 0 Å². The van der Waals surface area contributed by atoms with Gasteiger partial charge >= 0.3 is 0 Å². The fourth-order valence-corrected chi connectivity index (χ4v) is 4.02. The molecule has 130 valence electrons. The summed E-state index contributed by atoms with van der Waals surface area (Å²) in [6.07, 6.45) is 4.02. The van der Waals surface area contributed by atoms with Gasteiger partial charge in [-0.15, -0.1) is 10.2 Å². The van der Waals surface area contributed by atoms with E-state index in [1.54, 1.807) is 18.0 Å². The smallest absolute Gasteiger partial charge is 0.200 e. The van der Waals surface area contributed by atoms with Gasteiger partial charge < -0.3 is 9.15 Å². The molecule has 0 radical (unpaired) electrons. The van der Waals surface area contributed by atoms with E-state index in [1.807, 2.05) is 30.3 Å². The minimum absolute atomic E-state index is 0.204. The van der Waals surface area contributed by atoms with E-state index in [1.165, 1.54) is 0 Å². The number of aromatic nitrogens is 3. The van der Waals surface area contributed by atoms with Crippen molar-refractivity contribution in [3.63, 3.8) is 0 Å². The molecule has 1 aromatic carbocycles. The van der Waals surface area contributed by atoms with Crippen LogP contribution in [0.2, 0.25) is 5.02 Å². The lowest BCUT2D eigenvalue weighted by atomic mass is 10.2. The first-order valence-corrected chi connectivity index (χ1v) is 9.62. The standard InChI is InChI=1S/C18H18ClN3O2S/c19-14-5-1-4-13(10-14)12-25-18-21-20-17(16-7-3-9-24-16)22(18)11-15-6-2-8-23-15/h1,3-5,7,9-10,15H,2,6,8,11-12H2/t15-/m1/s1. The third-order valence-corrected chi connectivity index (χ3v) is 5.40. The van der Waals surface area contributed by atoms with Crippen molar-refractivity contribution in [1.82, 2.24) is 14.8 Å². The molecule has 0 amide bonds. The summed E-state index contributed by atoms with van der Waals surface area (Å²) >= 11 is 7.72. The summed E-state index contributed by atoms with van der Waals surface area (Å²) in [6, 6.07) is 11.6. The van der Waals surface area contributed by atoms with Crippen LogP contribution in [0.5, 0.6) is 0 Å². The molecule has 1 aliphatic rings. The molecule has 0 spiro atoms. The van der Waals surface area contributed by atoms with Crippen molar-refractivity contribution in [3.05, 3.63) is 53.2 Å². The molecule has 0 unspecified atom stereocenters. The number of thioether (sulfide) groups is 1. The number of ether oxygens (including phenoxy) is 1. The molecular weight excluding hydrogens is 358 g/mol. The van der Waals surface area contributed by atoms with E-state index in [4.69, 9.17) is 20.8 Å². The Morgan fingerprint density at radius 2 is 2.20 bits per heavy atom. The van der Waals surface area contributed by atoms with E-state index in [-0.39, 0.29) is 6.10 Å². The zero-order chi connectivity index (χ0) is 17.1. The summed E-state index contributed by atoms with van der Waals surface area (Å²) < 4.78 is 13.4. The van der Waals surface area contributed by atoms with E-state index in [2.05, 4.69) is 20.8 Å². The molecule has 2 aromatic heterocycles. The van der Waals surface area contributed by atoms with Crippen LogP contribution in [0.15, 0.2) is 52.2 Å². The van der Waals surface area contributed by atoms with Crippen LogP contribution in [0.25, 0.3) is 11.6 Å². The molecule has 7 heteroatoms. The molecule has 1 aliphatic heterocycles. The van der Waals surface area contributed by atoms with E-state index in [9.17, 15) is 0 Å². The van der Waals surface area contributed by atoms with Gasteiger partial charge in [-0.25, -0.2) is 0 Å². The number of hydrogen-bond donors (Lipinski definition) is 0. The van der Waals surface area contributed by atoms with Gasteiger partial charge in [0.1, 0.15) is 0 Å². The van der Waals surface area contributed by atoms with Crippen LogP contribution in [-0.4, -0.2) is 27.5 Å². The van der Waals surface area contributed by atoms with Gasteiger partial charge in [-0.2, -0.15) is 0 Å². The molecule has 25 heavy (non-hydrogen) atoms. The highest BCUT2D eigenvalue weighted by Gasteiger charge is 2.22. The highest BCUT2D eigenvalue weighted by Crippen LogP contribution is 2.29. The largest absolute Gasteiger partial charge is 0.461 e. The predicted molar refractivity (Wildman–Crippen MR) is 97.7 cm³/mol. The minimum Gasteiger partial charge on any atom is -0.461 e. The summed E-state index contributed by atoms with van der Waals surface area (Å²) in [5.41, 5.74) is 1.16. The van der Waals surface area contributed by atoms with Crippen molar-refractivity contribution in [3.8, 4) is 11.6 Å². The van der Waals surface area contributed by atoms with Gasteiger partial charge in [0, 0.05) is 17.4 Å². The molecule has 4 rings (SSSR count). The lowest BCUT2D eigenvalue weighted by molar-refractivity contribution is 0.0952. The number of furan rings is 1. The van der Waals surface area contributed by atoms with E-state index in [0.717, 1.165) is 59.1 Å². The lowest BCUT2D eigenvalue weighted by Gasteiger charge is -2.14. The molecule has 0 saturated carbocycles. The summed E-state index contributed by atoms with van der Waals surface area (Å²) in [6.45, 7) is 1.56. The molecule has 1 saturated heterocycles. The van der Waals surface area contributed by atoms with Crippen molar-refractivity contribution >= 4 is 23.4 Å². The maximum atomic E-state index is 6.07. The minimum atomic E-state index is 0.204. The first-order valence-electron chi connectivity index (χ1n) is 8.25. The first-order chi connectivity index (χ1) is 12.3. The highest BCUT2D eigenvalue weighted by molar-refractivity contribution is 7.98. The van der Waals surface area contributed by atoms with Crippen molar-refractivity contribution in [2.75, 3.05) is 6.61 Å². The van der Waals surface area contributed by atoms with E-state index >= 15 is 0 Å². The quantitative estimate of drug-likeness (QED) is 0.586. The highest BCUT2D eigenvalue weighted by atomic mass is 35.5. The maximum absolute atomic E-state index is 6.07. The normalized spacial score (nSPS) is 17.2. The second-order valence-electron chi connectivity index (χ2n) is 5.95. The zero-order valence-corrected chi connectivity index (χ0v) is 15.2. The second kappa shape index (κ2) is 7.64. The SMILES string of the molecule is Clc1cccc(CSc2nnc(-c3ccco3)n2C[C@H]2CCCO2)c1. The number of hydrogen-bond acceptors (Lipinski definition) is 5. The molecule has 0 aliphatic carbocycles. The second-order valence-corrected chi connectivity index (χ2v) is 7.33. The van der Waals surface area contributed by atoms with Crippen LogP contribution < -0.4 is 0 Å². The van der Waals surface area contributed by atoms with Gasteiger partial charge in [-0.05, 0) is 42.7 Å². The van der Waals surface area contributed by atoms with Crippen molar-refractivity contribution < 1.29 is 9.15 Å². The van der Waals surface area contributed by atoms with E-state index < -0.39 is 0 Å². The van der Waals surface area contributed by atoms with Crippen LogP contribution in [0.3, 0.4) is 0 Å². The Labute approximate surface area is 155 Å². The van der Waals surface area contributed by atoms with Crippen molar-refractivity contribution in [2.24, 2.45) is 0 Å². The molecule has 3 heterocycles. The fraction of sp³-hybridized carbons (Fsp3) is 0.333. The number of rotatable bonds is 6. The van der Waals surface area contributed by atoms with Gasteiger partial charge in [-0.1, -0.05) is 35.5 Å². The van der Waals surface area contributed by atoms with Crippen LogP contribution in [-0.2, 0) is 17.0 Å². The summed E-state index contributed by atoms with van der Waals surface area (Å²) in [7, 11) is 0. The molecular formula is C18H18ClN3O2S. The zero-order valence-electron chi connectivity index (χ0n) is 13.6. The van der Waals surface area contributed by atoms with Gasteiger partial charge in [0.15, 0.2) is 10.9 Å². The van der Waals surface area contributed by atoms with Gasteiger partial charge in [-0.3, -0.25) is 4.57 Å². The fourth-order valence-electron chi connectivity index (χ4n) is 2.91. The number of nitrogens with zero attached hydrogens (tertiary/aromatic N) is 3. The molecule has 1 atom stereocenters.